The minimum absolute atomic E-state index is 0. The molecule has 0 bridgehead atoms. The van der Waals surface area contributed by atoms with Crippen LogP contribution >= 0.6 is 0 Å². The van der Waals surface area contributed by atoms with E-state index in [0.717, 1.165) is 11.4 Å². The van der Waals surface area contributed by atoms with Crippen molar-refractivity contribution in [2.75, 3.05) is 14.2 Å². The summed E-state index contributed by atoms with van der Waals surface area (Å²) in [5, 5.41) is 0. The van der Waals surface area contributed by atoms with Gasteiger partial charge in [-0.15, -0.1) is 6.54 Å². The van der Waals surface area contributed by atoms with E-state index in [-0.39, 0.29) is 57.9 Å². The first-order valence-electron chi connectivity index (χ1n) is 7.30. The van der Waals surface area contributed by atoms with Crippen molar-refractivity contribution < 1.29 is 70.4 Å². The van der Waals surface area contributed by atoms with Gasteiger partial charge in [-0.1, -0.05) is 12.1 Å². The number of ether oxygens (including phenoxy) is 2. The minimum Gasteiger partial charge on any atom is -0.672 e. The average molecular weight is 386 g/mol. The van der Waals surface area contributed by atoms with Gasteiger partial charge in [0.15, 0.2) is 0 Å². The Morgan fingerprint density at radius 1 is 1.15 bits per heavy atom. The molecule has 0 fully saturated rings. The average Bonchev–Trinajstić information content (AvgIpc) is 2.68. The predicted molar refractivity (Wildman–Crippen MR) is 93.5 cm³/mol. The van der Waals surface area contributed by atoms with Gasteiger partial charge >= 0.3 is 57.4 Å². The molecule has 0 aliphatic rings. The van der Waals surface area contributed by atoms with Crippen molar-refractivity contribution in [3.63, 3.8) is 0 Å². The van der Waals surface area contributed by atoms with Crippen LogP contribution in [-0.2, 0) is 27.4 Å². The molecule has 0 aromatic carbocycles. The zero-order chi connectivity index (χ0) is 19.1. The van der Waals surface area contributed by atoms with Crippen molar-refractivity contribution in [3.8, 4) is 0 Å². The van der Waals surface area contributed by atoms with Crippen LogP contribution in [0.5, 0.6) is 0 Å². The van der Waals surface area contributed by atoms with Crippen LogP contribution in [0.3, 0.4) is 0 Å². The fourth-order valence-corrected chi connectivity index (χ4v) is 1.51. The Morgan fingerprint density at radius 2 is 1.73 bits per heavy atom. The molecule has 0 spiro atoms. The Bertz CT molecular complexity index is 656. The van der Waals surface area contributed by atoms with E-state index in [9.17, 15) is 4.79 Å². The van der Waals surface area contributed by atoms with E-state index in [1.807, 2.05) is 25.1 Å². The molecule has 0 atom stereocenters. The number of carbonyl (C=O) groups is 2. The molecule has 0 saturated heterocycles. The second-order valence-electron chi connectivity index (χ2n) is 4.49. The Hall–Kier alpha value is -1.20. The van der Waals surface area contributed by atoms with Gasteiger partial charge in [0.1, 0.15) is 5.69 Å². The number of hydrogen-bond acceptors (Lipinski definition) is 7. The number of hydrogen-bond donors (Lipinski definition) is 1. The predicted octanol–water partition coefficient (Wildman–Crippen LogP) is -0.938. The molecule has 0 aliphatic heterocycles. The fraction of sp³-hybridized carbons (Fsp3) is 0.294. The van der Waals surface area contributed by atoms with Gasteiger partial charge in [-0.25, -0.2) is 9.78 Å². The maximum atomic E-state index is 11.0. The first-order chi connectivity index (χ1) is 12.0. The Kier molecular flexibility index (Phi) is 17.9. The number of aryl methyl sites for hydroxylation is 1. The van der Waals surface area contributed by atoms with E-state index in [0.29, 0.717) is 24.4 Å². The molecule has 0 unspecified atom stereocenters. The third-order valence-corrected chi connectivity index (χ3v) is 2.63. The number of aromatic nitrogens is 2. The van der Waals surface area contributed by atoms with Crippen LogP contribution < -0.4 is 57.1 Å². The maximum absolute atomic E-state index is 11.0. The van der Waals surface area contributed by atoms with Crippen molar-refractivity contribution in [1.29, 1.82) is 0 Å². The first-order valence-corrected chi connectivity index (χ1v) is 7.30. The fourth-order valence-electron chi connectivity index (χ4n) is 1.51. The molecule has 0 saturated carbocycles. The van der Waals surface area contributed by atoms with Gasteiger partial charge in [-0.2, -0.15) is 0 Å². The summed E-state index contributed by atoms with van der Waals surface area (Å²) in [5.41, 5.74) is 15.1. The van der Waals surface area contributed by atoms with Gasteiger partial charge in [0.25, 0.3) is 6.47 Å². The normalized spacial score (nSPS) is 8.50. The van der Waals surface area contributed by atoms with Crippen LogP contribution in [-0.4, -0.2) is 36.6 Å². The van der Waals surface area contributed by atoms with Crippen LogP contribution in [0.1, 0.15) is 27.6 Å². The van der Waals surface area contributed by atoms with Crippen molar-refractivity contribution in [1.82, 2.24) is 9.97 Å². The molecular weight excluding hydrogens is 363 g/mol. The second-order valence-corrected chi connectivity index (χ2v) is 4.49. The van der Waals surface area contributed by atoms with E-state index in [1.165, 1.54) is 14.2 Å². The van der Waals surface area contributed by atoms with E-state index in [1.54, 1.807) is 18.2 Å². The van der Waals surface area contributed by atoms with Crippen LogP contribution in [0.2, 0.25) is 0 Å². The summed E-state index contributed by atoms with van der Waals surface area (Å²) < 4.78 is 8.35. The number of nitrogens with zero attached hydrogens (tertiary/aromatic N) is 2. The van der Waals surface area contributed by atoms with Gasteiger partial charge in [0, 0.05) is 17.9 Å². The van der Waals surface area contributed by atoms with Crippen LogP contribution in [0.4, 0.5) is 0 Å². The third kappa shape index (κ3) is 12.2. The summed E-state index contributed by atoms with van der Waals surface area (Å²) in [5.74, 6) is -0.440. The van der Waals surface area contributed by atoms with Gasteiger partial charge in [0.2, 0.25) is 0 Å². The van der Waals surface area contributed by atoms with Crippen molar-refractivity contribution in [3.05, 3.63) is 64.9 Å². The van der Waals surface area contributed by atoms with E-state index >= 15 is 0 Å². The van der Waals surface area contributed by atoms with E-state index in [4.69, 9.17) is 16.3 Å². The molecule has 8 nitrogen and oxygen atoms in total. The summed E-state index contributed by atoms with van der Waals surface area (Å²) in [7, 11) is 2.63. The summed E-state index contributed by atoms with van der Waals surface area (Å²) in [6.45, 7) is 2.91. The van der Waals surface area contributed by atoms with Gasteiger partial charge in [-0.05, 0) is 31.2 Å². The molecule has 3 N–H and O–H groups in total. The van der Waals surface area contributed by atoms with E-state index < -0.39 is 5.97 Å². The number of carbonyl (C=O) groups excluding carboxylic acids is 2. The molecular formula is C17H23KN4O4. The third-order valence-electron chi connectivity index (χ3n) is 2.63. The molecule has 2 heterocycles. The standard InChI is InChI=1S/C8H10N2O2.C7H9N2.C2H4O2.K/c1-12-8(11)7-4-2-3-6(5-9)10-7;1-6-3-2-4-7(5-8)9-6;1-4-2-3;/h2-4H,5,9H2,1H3;2-4,8H,5H2,1H3;2H,1H3;/q;-1;;+1. The zero-order valence-electron chi connectivity index (χ0n) is 15.6. The quantitative estimate of drug-likeness (QED) is 0.408. The van der Waals surface area contributed by atoms with Crippen molar-refractivity contribution in [2.45, 2.75) is 20.0 Å². The molecule has 2 aromatic rings. The molecule has 0 aliphatic carbocycles. The van der Waals surface area contributed by atoms with Gasteiger partial charge in [0.05, 0.1) is 19.9 Å². The molecule has 2 aromatic heterocycles. The zero-order valence-corrected chi connectivity index (χ0v) is 18.7. The monoisotopic (exact) mass is 386 g/mol. The molecule has 0 radical (unpaired) electrons. The smallest absolute Gasteiger partial charge is 0.672 e. The van der Waals surface area contributed by atoms with Gasteiger partial charge in [-0.3, -0.25) is 9.78 Å². The minimum atomic E-state index is -0.440. The molecule has 136 valence electrons. The Balaban J connectivity index is 0. The SMILES string of the molecule is COC(=O)c1cccc(CN)n1.COC=O.Cc1cccc(C[NH-])n1.[K+]. The van der Waals surface area contributed by atoms with E-state index in [2.05, 4.69) is 19.4 Å². The molecule has 2 rings (SSSR count). The number of esters is 1. The summed E-state index contributed by atoms with van der Waals surface area (Å²) in [6.07, 6.45) is 0. The Morgan fingerprint density at radius 3 is 2.15 bits per heavy atom. The number of methoxy groups -OCH3 is 2. The summed E-state index contributed by atoms with van der Waals surface area (Å²) in [4.78, 5) is 28.0. The number of pyridine rings is 2. The van der Waals surface area contributed by atoms with Crippen LogP contribution in [0, 0.1) is 6.92 Å². The maximum Gasteiger partial charge on any atom is 1.00 e. The number of nitrogens with one attached hydrogen (secondary N) is 1. The first kappa shape index (κ1) is 27.0. The number of rotatable bonds is 4. The summed E-state index contributed by atoms with van der Waals surface area (Å²) in [6, 6.07) is 10.8. The van der Waals surface area contributed by atoms with Crippen molar-refractivity contribution in [2.24, 2.45) is 5.73 Å². The van der Waals surface area contributed by atoms with Crippen LogP contribution in [0.25, 0.3) is 5.73 Å². The van der Waals surface area contributed by atoms with Crippen molar-refractivity contribution >= 4 is 12.4 Å². The Labute approximate surface area is 196 Å². The molecule has 26 heavy (non-hydrogen) atoms. The molecule has 0 amide bonds. The molecule has 9 heteroatoms. The van der Waals surface area contributed by atoms with Gasteiger partial charge < -0.3 is 20.9 Å². The topological polar surface area (TPSA) is 128 Å². The summed E-state index contributed by atoms with van der Waals surface area (Å²) >= 11 is 0. The largest absolute Gasteiger partial charge is 1.00 e. The second kappa shape index (κ2) is 17.2. The number of nitrogens with two attached hydrogens (primary N) is 1. The van der Waals surface area contributed by atoms with Crippen LogP contribution in [0.15, 0.2) is 36.4 Å².